The second kappa shape index (κ2) is 3.28. The summed E-state index contributed by atoms with van der Waals surface area (Å²) in [6, 6.07) is 3.85. The number of allylic oxidation sites excluding steroid dienone is 4. The molecular formula is C12H9N3. The number of aliphatic imine (C=N–C) groups is 2. The molecular weight excluding hydrogens is 186 g/mol. The van der Waals surface area contributed by atoms with E-state index in [-0.39, 0.29) is 0 Å². The monoisotopic (exact) mass is 195 g/mol. The Labute approximate surface area is 87.6 Å². The van der Waals surface area contributed by atoms with Crippen LogP contribution in [0.25, 0.3) is 0 Å². The van der Waals surface area contributed by atoms with Gasteiger partial charge in [0.05, 0.1) is 11.4 Å². The average Bonchev–Trinajstić information content (AvgIpc) is 2.74. The molecule has 0 radical (unpaired) electrons. The zero-order valence-electron chi connectivity index (χ0n) is 8.09. The van der Waals surface area contributed by atoms with Crippen molar-refractivity contribution in [3.05, 3.63) is 54.0 Å². The van der Waals surface area contributed by atoms with Gasteiger partial charge in [0.2, 0.25) is 0 Å². The lowest BCUT2D eigenvalue weighted by atomic mass is 10.1. The highest BCUT2D eigenvalue weighted by Crippen LogP contribution is 2.20. The maximum Gasteiger partial charge on any atom is 0.160 e. The molecule has 0 saturated carbocycles. The van der Waals surface area contributed by atoms with E-state index < -0.39 is 0 Å². The Morgan fingerprint density at radius 2 is 1.93 bits per heavy atom. The summed E-state index contributed by atoms with van der Waals surface area (Å²) in [6.45, 7) is 0. The van der Waals surface area contributed by atoms with E-state index in [4.69, 9.17) is 0 Å². The summed E-state index contributed by atoms with van der Waals surface area (Å²) in [5.41, 5.74) is 3.07. The Morgan fingerprint density at radius 1 is 1.07 bits per heavy atom. The molecule has 0 bridgehead atoms. The van der Waals surface area contributed by atoms with Crippen molar-refractivity contribution in [2.75, 3.05) is 0 Å². The van der Waals surface area contributed by atoms with Gasteiger partial charge in [0.1, 0.15) is 0 Å². The van der Waals surface area contributed by atoms with Gasteiger partial charge in [0.25, 0.3) is 0 Å². The van der Waals surface area contributed by atoms with Gasteiger partial charge in [-0.25, -0.2) is 9.98 Å². The average molecular weight is 195 g/mol. The fourth-order valence-corrected chi connectivity index (χ4v) is 1.64. The molecule has 0 unspecified atom stereocenters. The van der Waals surface area contributed by atoms with E-state index in [0.717, 1.165) is 29.2 Å². The third kappa shape index (κ3) is 1.42. The van der Waals surface area contributed by atoms with Crippen molar-refractivity contribution in [1.82, 2.24) is 4.98 Å². The lowest BCUT2D eigenvalue weighted by molar-refractivity contribution is 1.31. The van der Waals surface area contributed by atoms with Gasteiger partial charge in [-0.15, -0.1) is 0 Å². The van der Waals surface area contributed by atoms with Crippen molar-refractivity contribution in [2.24, 2.45) is 9.98 Å². The Kier molecular flexibility index (Phi) is 1.81. The molecule has 0 saturated heterocycles. The second-order valence-corrected chi connectivity index (χ2v) is 3.41. The van der Waals surface area contributed by atoms with Gasteiger partial charge >= 0.3 is 0 Å². The number of aromatic nitrogens is 1. The summed E-state index contributed by atoms with van der Waals surface area (Å²) in [5, 5.41) is 0. The molecule has 15 heavy (non-hydrogen) atoms. The van der Waals surface area contributed by atoms with Gasteiger partial charge in [-0.05, 0) is 18.2 Å². The van der Waals surface area contributed by atoms with Gasteiger partial charge in [-0.3, -0.25) is 4.98 Å². The third-order valence-electron chi connectivity index (χ3n) is 2.40. The molecule has 1 aliphatic heterocycles. The van der Waals surface area contributed by atoms with Crippen molar-refractivity contribution < 1.29 is 0 Å². The van der Waals surface area contributed by atoms with E-state index in [1.807, 2.05) is 24.3 Å². The van der Waals surface area contributed by atoms with Crippen LogP contribution in [0.1, 0.15) is 12.0 Å². The minimum Gasteiger partial charge on any atom is -0.265 e. The van der Waals surface area contributed by atoms with Crippen LogP contribution in [0.3, 0.4) is 0 Å². The molecule has 3 heteroatoms. The SMILES string of the molecule is C1=CCC2=NC(c3ccncc3)=NC2=C1. The highest BCUT2D eigenvalue weighted by Gasteiger charge is 2.17. The Bertz CT molecular complexity index is 507. The first-order valence-electron chi connectivity index (χ1n) is 4.87. The van der Waals surface area contributed by atoms with Crippen LogP contribution in [0.4, 0.5) is 0 Å². The van der Waals surface area contributed by atoms with Crippen LogP contribution < -0.4 is 0 Å². The first kappa shape index (κ1) is 8.29. The predicted molar refractivity (Wildman–Crippen MR) is 60.0 cm³/mol. The molecule has 2 heterocycles. The smallest absolute Gasteiger partial charge is 0.160 e. The van der Waals surface area contributed by atoms with E-state index in [9.17, 15) is 0 Å². The minimum absolute atomic E-state index is 0.794. The molecule has 72 valence electrons. The highest BCUT2D eigenvalue weighted by molar-refractivity contribution is 6.18. The van der Waals surface area contributed by atoms with Gasteiger partial charge in [0, 0.05) is 24.4 Å². The summed E-state index contributed by atoms with van der Waals surface area (Å²) in [4.78, 5) is 13.0. The minimum atomic E-state index is 0.794. The standard InChI is InChI=1S/C12H9N3/c1-2-4-11-10(3-1)14-12(15-11)9-5-7-13-8-6-9/h1-3,5-8H,4H2. The Balaban J connectivity index is 2.02. The Morgan fingerprint density at radius 3 is 2.73 bits per heavy atom. The summed E-state index contributed by atoms with van der Waals surface area (Å²) in [6.07, 6.45) is 10.5. The molecule has 1 aromatic heterocycles. The van der Waals surface area contributed by atoms with Crippen molar-refractivity contribution in [3.63, 3.8) is 0 Å². The van der Waals surface area contributed by atoms with Gasteiger partial charge in [-0.1, -0.05) is 12.2 Å². The number of nitrogens with zero attached hydrogens (tertiary/aromatic N) is 3. The largest absolute Gasteiger partial charge is 0.265 e. The van der Waals surface area contributed by atoms with Gasteiger partial charge in [-0.2, -0.15) is 0 Å². The number of hydrogen-bond donors (Lipinski definition) is 0. The second-order valence-electron chi connectivity index (χ2n) is 3.41. The first-order chi connectivity index (χ1) is 7.43. The summed E-state index contributed by atoms with van der Waals surface area (Å²) >= 11 is 0. The quantitative estimate of drug-likeness (QED) is 0.676. The Hall–Kier alpha value is -2.03. The molecule has 0 N–H and O–H groups in total. The lowest BCUT2D eigenvalue weighted by Gasteiger charge is -1.99. The van der Waals surface area contributed by atoms with Gasteiger partial charge < -0.3 is 0 Å². The molecule has 0 aromatic carbocycles. The topological polar surface area (TPSA) is 37.6 Å². The van der Waals surface area contributed by atoms with E-state index in [2.05, 4.69) is 21.0 Å². The zero-order valence-corrected chi connectivity index (χ0v) is 8.09. The number of amidine groups is 1. The van der Waals surface area contributed by atoms with Crippen LogP contribution >= 0.6 is 0 Å². The third-order valence-corrected chi connectivity index (χ3v) is 2.40. The molecule has 1 aromatic rings. The molecule has 1 aliphatic carbocycles. The number of rotatable bonds is 1. The van der Waals surface area contributed by atoms with Crippen molar-refractivity contribution in [3.8, 4) is 0 Å². The van der Waals surface area contributed by atoms with Crippen molar-refractivity contribution in [2.45, 2.75) is 6.42 Å². The maximum atomic E-state index is 4.50. The molecule has 0 atom stereocenters. The number of fused-ring (bicyclic) bond motifs is 1. The van der Waals surface area contributed by atoms with E-state index in [0.29, 0.717) is 0 Å². The fourth-order valence-electron chi connectivity index (χ4n) is 1.64. The number of pyridine rings is 1. The summed E-state index contributed by atoms with van der Waals surface area (Å²) in [7, 11) is 0. The van der Waals surface area contributed by atoms with Crippen LogP contribution in [0.15, 0.2) is 58.4 Å². The van der Waals surface area contributed by atoms with E-state index in [1.54, 1.807) is 12.4 Å². The van der Waals surface area contributed by atoms with Crippen LogP contribution in [0.5, 0.6) is 0 Å². The maximum absolute atomic E-state index is 4.50. The predicted octanol–water partition coefficient (Wildman–Crippen LogP) is 2.13. The molecule has 3 rings (SSSR count). The molecule has 2 aliphatic rings. The highest BCUT2D eigenvalue weighted by atomic mass is 15.0. The summed E-state index contributed by atoms with van der Waals surface area (Å²) < 4.78 is 0. The van der Waals surface area contributed by atoms with Crippen LogP contribution in [-0.2, 0) is 0 Å². The zero-order chi connectivity index (χ0) is 10.1. The molecule has 0 amide bonds. The van der Waals surface area contributed by atoms with Gasteiger partial charge in [0.15, 0.2) is 5.84 Å². The van der Waals surface area contributed by atoms with Crippen LogP contribution in [-0.4, -0.2) is 16.5 Å². The first-order valence-corrected chi connectivity index (χ1v) is 4.87. The number of hydrogen-bond acceptors (Lipinski definition) is 3. The fraction of sp³-hybridized carbons (Fsp3) is 0.0833. The normalized spacial score (nSPS) is 18.0. The van der Waals surface area contributed by atoms with E-state index in [1.165, 1.54) is 0 Å². The molecule has 0 fully saturated rings. The van der Waals surface area contributed by atoms with Crippen molar-refractivity contribution in [1.29, 1.82) is 0 Å². The molecule has 3 nitrogen and oxygen atoms in total. The van der Waals surface area contributed by atoms with Crippen LogP contribution in [0.2, 0.25) is 0 Å². The lowest BCUT2D eigenvalue weighted by Crippen LogP contribution is -1.98. The molecule has 0 spiro atoms. The van der Waals surface area contributed by atoms with E-state index >= 15 is 0 Å². The van der Waals surface area contributed by atoms with Crippen LogP contribution in [0, 0.1) is 0 Å². The summed E-state index contributed by atoms with van der Waals surface area (Å²) in [5.74, 6) is 0.794. The van der Waals surface area contributed by atoms with Crippen molar-refractivity contribution >= 4 is 11.5 Å².